The zero-order valence-electron chi connectivity index (χ0n) is 22.7. The van der Waals surface area contributed by atoms with E-state index in [1.54, 1.807) is 6.26 Å². The van der Waals surface area contributed by atoms with E-state index in [-0.39, 0.29) is 34.2 Å². The molecule has 5 N–H and O–H groups in total. The minimum Gasteiger partial charge on any atom is -0.507 e. The second kappa shape index (κ2) is 13.1. The molecule has 2 aromatic carbocycles. The van der Waals surface area contributed by atoms with Crippen LogP contribution in [0.5, 0.6) is 11.5 Å². The summed E-state index contributed by atoms with van der Waals surface area (Å²) in [4.78, 5) is 6.84. The predicted octanol–water partition coefficient (Wildman–Crippen LogP) is 5.10. The van der Waals surface area contributed by atoms with Crippen molar-refractivity contribution < 1.29 is 25.2 Å². The molecule has 3 rings (SSSR count). The zero-order valence-corrected chi connectivity index (χ0v) is 23.5. The molecule has 0 saturated heterocycles. The second-order valence-corrected chi connectivity index (χ2v) is 11.0. The molecule has 0 unspecified atom stereocenters. The number of hydrogen-bond donors (Lipinski definition) is 1. The fraction of sp³-hybridized carbons (Fsp3) is 0.464. The van der Waals surface area contributed by atoms with Crippen LogP contribution in [0.25, 0.3) is 11.5 Å². The van der Waals surface area contributed by atoms with Crippen LogP contribution in [-0.2, 0) is 23.8 Å². The first kappa shape index (κ1) is 33.4. The number of ether oxygens (including phenoxy) is 1. The Balaban J connectivity index is 0.00000408. The largest absolute Gasteiger partial charge is 0.507 e. The van der Waals surface area contributed by atoms with Crippen molar-refractivity contribution in [2.75, 3.05) is 20.7 Å². The molecular weight excluding hydrogens is 480 g/mol. The van der Waals surface area contributed by atoms with Gasteiger partial charge in [0.1, 0.15) is 17.8 Å². The van der Waals surface area contributed by atoms with E-state index in [2.05, 4.69) is 72.7 Å². The van der Waals surface area contributed by atoms with Crippen molar-refractivity contribution in [1.82, 2.24) is 9.88 Å². The summed E-state index contributed by atoms with van der Waals surface area (Å²) in [7, 11) is 4.12. The van der Waals surface area contributed by atoms with Gasteiger partial charge in [-0.3, -0.25) is 0 Å². The van der Waals surface area contributed by atoms with E-state index < -0.39 is 0 Å². The Bertz CT molecular complexity index is 1050. The normalized spacial score (nSPS) is 11.4. The number of halogens is 1. The molecular formula is C28H43ClN2O5. The third-order valence-electron chi connectivity index (χ3n) is 5.57. The number of hydrogen-bond acceptors (Lipinski definition) is 5. The molecule has 0 bridgehead atoms. The van der Waals surface area contributed by atoms with E-state index in [0.717, 1.165) is 34.7 Å². The summed E-state index contributed by atoms with van der Waals surface area (Å²) in [6.45, 7) is 14.0. The average Bonchev–Trinajstić information content (AvgIpc) is 3.16. The first-order valence-corrected chi connectivity index (χ1v) is 11.5. The van der Waals surface area contributed by atoms with Crippen LogP contribution in [0, 0.1) is 0 Å². The highest BCUT2D eigenvalue weighted by Crippen LogP contribution is 2.41. The summed E-state index contributed by atoms with van der Waals surface area (Å²) in [6.07, 6.45) is 2.35. The zero-order chi connectivity index (χ0) is 24.4. The highest BCUT2D eigenvalue weighted by Gasteiger charge is 2.27. The maximum atomic E-state index is 11.0. The molecule has 0 saturated carbocycles. The lowest BCUT2D eigenvalue weighted by molar-refractivity contribution is 0.320. The smallest absolute Gasteiger partial charge is 0.226 e. The molecule has 0 aliphatic rings. The Labute approximate surface area is 221 Å². The molecule has 0 aliphatic carbocycles. The number of aromatic nitrogens is 1. The fourth-order valence-electron chi connectivity index (χ4n) is 3.79. The van der Waals surface area contributed by atoms with Crippen LogP contribution >= 0.6 is 12.4 Å². The molecule has 202 valence electrons. The van der Waals surface area contributed by atoms with Gasteiger partial charge in [0.2, 0.25) is 5.89 Å². The second-order valence-electron chi connectivity index (χ2n) is 11.0. The highest BCUT2D eigenvalue weighted by molar-refractivity contribution is 5.85. The Hall–Kier alpha value is -2.58. The van der Waals surface area contributed by atoms with Crippen LogP contribution in [0.15, 0.2) is 47.1 Å². The summed E-state index contributed by atoms with van der Waals surface area (Å²) in [5.74, 6) is 1.77. The third kappa shape index (κ3) is 8.52. The molecule has 0 spiro atoms. The van der Waals surface area contributed by atoms with Gasteiger partial charge in [0.05, 0.1) is 12.3 Å². The molecule has 1 heterocycles. The molecule has 0 radical (unpaired) electrons. The Morgan fingerprint density at radius 3 is 1.92 bits per heavy atom. The summed E-state index contributed by atoms with van der Waals surface area (Å²) >= 11 is 0. The topological polar surface area (TPSA) is 122 Å². The van der Waals surface area contributed by atoms with Crippen LogP contribution in [0.4, 0.5) is 0 Å². The number of phenolic OH excluding ortho intramolecular Hbond substituents is 1. The van der Waals surface area contributed by atoms with Gasteiger partial charge in [-0.25, -0.2) is 4.98 Å². The van der Waals surface area contributed by atoms with E-state index in [0.29, 0.717) is 24.7 Å². The summed E-state index contributed by atoms with van der Waals surface area (Å²) in [6, 6.07) is 12.2. The van der Waals surface area contributed by atoms with Crippen LogP contribution in [0.2, 0.25) is 0 Å². The van der Waals surface area contributed by atoms with Crippen LogP contribution in [0.3, 0.4) is 0 Å². The predicted molar refractivity (Wildman–Crippen MR) is 149 cm³/mol. The number of benzene rings is 2. The van der Waals surface area contributed by atoms with Gasteiger partial charge in [0.15, 0.2) is 0 Å². The van der Waals surface area contributed by atoms with Gasteiger partial charge in [0, 0.05) is 29.7 Å². The molecule has 8 heteroatoms. The number of phenols is 1. The number of nitrogens with zero attached hydrogens (tertiary/aromatic N) is 2. The monoisotopic (exact) mass is 522 g/mol. The van der Waals surface area contributed by atoms with Gasteiger partial charge < -0.3 is 30.1 Å². The molecule has 0 aliphatic heterocycles. The van der Waals surface area contributed by atoms with Crippen molar-refractivity contribution >= 4 is 12.4 Å². The van der Waals surface area contributed by atoms with Crippen molar-refractivity contribution in [3.05, 3.63) is 65.0 Å². The lowest BCUT2D eigenvalue weighted by Crippen LogP contribution is -2.17. The van der Waals surface area contributed by atoms with Gasteiger partial charge in [-0.1, -0.05) is 53.7 Å². The standard InChI is InChI=1S/C28H38N2O3.ClH.2H2O/c1-27(2,3)23-15-20(16-24(25(23)31)28(4,5)6)26-29-21(18-33-26)13-14-32-22-11-9-19(10-12-22)17-30(7)8;;;/h9-12,15-16,18,31H,13-14,17H2,1-8H3;1H;2*1H2. The molecule has 7 nitrogen and oxygen atoms in total. The van der Waals surface area contributed by atoms with E-state index >= 15 is 0 Å². The van der Waals surface area contributed by atoms with E-state index in [1.165, 1.54) is 5.56 Å². The van der Waals surface area contributed by atoms with Gasteiger partial charge in [-0.2, -0.15) is 0 Å². The maximum Gasteiger partial charge on any atom is 0.226 e. The van der Waals surface area contributed by atoms with Gasteiger partial charge in [0.25, 0.3) is 0 Å². The van der Waals surface area contributed by atoms with Crippen molar-refractivity contribution in [2.24, 2.45) is 0 Å². The summed E-state index contributed by atoms with van der Waals surface area (Å²) in [5.41, 5.74) is 4.36. The first-order valence-electron chi connectivity index (χ1n) is 11.5. The average molecular weight is 523 g/mol. The van der Waals surface area contributed by atoms with E-state index in [9.17, 15) is 5.11 Å². The minimum atomic E-state index is -0.203. The fourth-order valence-corrected chi connectivity index (χ4v) is 3.79. The van der Waals surface area contributed by atoms with Gasteiger partial charge in [-0.05, 0) is 54.8 Å². The van der Waals surface area contributed by atoms with Gasteiger partial charge >= 0.3 is 0 Å². The molecule has 36 heavy (non-hydrogen) atoms. The molecule has 3 aromatic rings. The number of oxazole rings is 1. The summed E-state index contributed by atoms with van der Waals surface area (Å²) in [5, 5.41) is 11.0. The maximum absolute atomic E-state index is 11.0. The third-order valence-corrected chi connectivity index (χ3v) is 5.57. The lowest BCUT2D eigenvalue weighted by atomic mass is 9.78. The summed E-state index contributed by atoms with van der Waals surface area (Å²) < 4.78 is 11.7. The van der Waals surface area contributed by atoms with Crippen molar-refractivity contribution in [3.8, 4) is 23.0 Å². The minimum absolute atomic E-state index is 0. The van der Waals surface area contributed by atoms with Crippen LogP contribution in [0.1, 0.15) is 63.9 Å². The van der Waals surface area contributed by atoms with E-state index in [1.807, 2.05) is 24.3 Å². The first-order chi connectivity index (χ1) is 15.3. The van der Waals surface area contributed by atoms with E-state index in [4.69, 9.17) is 14.1 Å². The number of aromatic hydroxyl groups is 1. The van der Waals surface area contributed by atoms with Gasteiger partial charge in [-0.15, -0.1) is 12.4 Å². The van der Waals surface area contributed by atoms with Crippen LogP contribution < -0.4 is 4.74 Å². The Kier molecular flexibility index (Phi) is 12.2. The highest BCUT2D eigenvalue weighted by atomic mass is 35.5. The van der Waals surface area contributed by atoms with Crippen molar-refractivity contribution in [1.29, 1.82) is 0 Å². The van der Waals surface area contributed by atoms with Crippen LogP contribution in [-0.4, -0.2) is 46.6 Å². The SMILES string of the molecule is CN(C)Cc1ccc(OCCc2coc(-c3cc(C(C)(C)C)c(O)c(C(C)(C)C)c3)n2)cc1.Cl.O.O. The Morgan fingerprint density at radius 2 is 1.44 bits per heavy atom. The molecule has 1 aromatic heterocycles. The lowest BCUT2D eigenvalue weighted by Gasteiger charge is -2.27. The quantitative estimate of drug-likeness (QED) is 0.462. The van der Waals surface area contributed by atoms with Crippen molar-refractivity contribution in [2.45, 2.75) is 65.3 Å². The molecule has 0 amide bonds. The van der Waals surface area contributed by atoms with Crippen molar-refractivity contribution in [3.63, 3.8) is 0 Å². The molecule has 0 atom stereocenters. The Morgan fingerprint density at radius 1 is 0.917 bits per heavy atom. The molecule has 0 fully saturated rings. The number of rotatable bonds is 7.